The lowest BCUT2D eigenvalue weighted by atomic mass is 9.87. The Morgan fingerprint density at radius 1 is 1.25 bits per heavy atom. The van der Waals surface area contributed by atoms with E-state index >= 15 is 0 Å². The molecule has 0 bridgehead atoms. The Hall–Kier alpha value is -1.05. The molecule has 1 aliphatic carbocycles. The second-order valence-corrected chi connectivity index (χ2v) is 5.80. The van der Waals surface area contributed by atoms with Crippen molar-refractivity contribution in [2.45, 2.75) is 39.0 Å². The zero-order valence-corrected chi connectivity index (χ0v) is 10.3. The molecular weight excluding hydrogens is 201 g/mol. The van der Waals surface area contributed by atoms with Crippen molar-refractivity contribution in [2.24, 2.45) is 5.92 Å². The smallest absolute Gasteiger partial charge is 0.125 e. The molecular formula is C14H20FN. The van der Waals surface area contributed by atoms with E-state index in [1.807, 2.05) is 0 Å². The molecule has 1 saturated carbocycles. The minimum Gasteiger partial charge on any atom is -0.385 e. The highest BCUT2D eigenvalue weighted by atomic mass is 19.1. The summed E-state index contributed by atoms with van der Waals surface area (Å²) >= 11 is 0. The molecule has 0 heterocycles. The molecule has 1 aromatic carbocycles. The molecule has 0 radical (unpaired) electrons. The van der Waals surface area contributed by atoms with Gasteiger partial charge in [0.05, 0.1) is 0 Å². The number of hydrogen-bond acceptors (Lipinski definition) is 1. The fourth-order valence-electron chi connectivity index (χ4n) is 1.71. The third kappa shape index (κ3) is 2.97. The van der Waals surface area contributed by atoms with Crippen LogP contribution in [0.1, 0.15) is 39.2 Å². The second-order valence-electron chi connectivity index (χ2n) is 5.80. The van der Waals surface area contributed by atoms with Crippen molar-refractivity contribution in [3.63, 3.8) is 0 Å². The Morgan fingerprint density at radius 3 is 2.50 bits per heavy atom. The lowest BCUT2D eigenvalue weighted by Gasteiger charge is -2.20. The van der Waals surface area contributed by atoms with Crippen molar-refractivity contribution in [1.29, 1.82) is 0 Å². The van der Waals surface area contributed by atoms with Crippen LogP contribution in [-0.2, 0) is 5.41 Å². The predicted molar refractivity (Wildman–Crippen MR) is 66.3 cm³/mol. The first-order chi connectivity index (χ1) is 7.45. The van der Waals surface area contributed by atoms with Gasteiger partial charge in [-0.3, -0.25) is 0 Å². The molecule has 1 fully saturated rings. The quantitative estimate of drug-likeness (QED) is 0.815. The highest BCUT2D eigenvalue weighted by molar-refractivity contribution is 5.48. The van der Waals surface area contributed by atoms with Gasteiger partial charge in [0, 0.05) is 12.2 Å². The lowest BCUT2D eigenvalue weighted by molar-refractivity contribution is 0.572. The minimum atomic E-state index is -0.147. The maximum atomic E-state index is 13.5. The topological polar surface area (TPSA) is 12.0 Å². The van der Waals surface area contributed by atoms with Crippen molar-refractivity contribution in [3.05, 3.63) is 29.6 Å². The summed E-state index contributed by atoms with van der Waals surface area (Å²) in [4.78, 5) is 0. The molecule has 16 heavy (non-hydrogen) atoms. The molecule has 88 valence electrons. The normalized spacial score (nSPS) is 16.2. The van der Waals surface area contributed by atoms with Crippen molar-refractivity contribution in [2.75, 3.05) is 11.9 Å². The van der Waals surface area contributed by atoms with E-state index in [1.54, 1.807) is 12.1 Å². The van der Waals surface area contributed by atoms with Gasteiger partial charge in [0.1, 0.15) is 5.82 Å². The fraction of sp³-hybridized carbons (Fsp3) is 0.571. The third-order valence-electron chi connectivity index (χ3n) is 3.06. The van der Waals surface area contributed by atoms with Crippen molar-refractivity contribution in [1.82, 2.24) is 0 Å². The first kappa shape index (κ1) is 11.4. The molecule has 0 spiro atoms. The van der Waals surface area contributed by atoms with E-state index < -0.39 is 0 Å². The van der Waals surface area contributed by atoms with Gasteiger partial charge in [0.15, 0.2) is 0 Å². The number of anilines is 1. The molecule has 0 unspecified atom stereocenters. The van der Waals surface area contributed by atoms with Crippen LogP contribution in [0.15, 0.2) is 18.2 Å². The zero-order chi connectivity index (χ0) is 11.8. The molecule has 0 aliphatic heterocycles. The summed E-state index contributed by atoms with van der Waals surface area (Å²) in [6, 6.07) is 5.27. The van der Waals surface area contributed by atoms with E-state index in [9.17, 15) is 4.39 Å². The van der Waals surface area contributed by atoms with Crippen LogP contribution in [-0.4, -0.2) is 6.54 Å². The van der Waals surface area contributed by atoms with Crippen molar-refractivity contribution in [3.8, 4) is 0 Å². The van der Waals surface area contributed by atoms with Crippen molar-refractivity contribution < 1.29 is 4.39 Å². The van der Waals surface area contributed by atoms with Crippen LogP contribution in [0, 0.1) is 11.7 Å². The SMILES string of the molecule is CC(C)(C)c1cc(F)cc(NCC2CC2)c1. The summed E-state index contributed by atoms with van der Waals surface area (Å²) in [5.41, 5.74) is 1.96. The molecule has 1 nitrogen and oxygen atoms in total. The molecule has 0 saturated heterocycles. The molecule has 2 rings (SSSR count). The van der Waals surface area contributed by atoms with Gasteiger partial charge in [0.25, 0.3) is 0 Å². The maximum Gasteiger partial charge on any atom is 0.125 e. The summed E-state index contributed by atoms with van der Waals surface area (Å²) < 4.78 is 13.5. The fourth-order valence-corrected chi connectivity index (χ4v) is 1.71. The van der Waals surface area contributed by atoms with Crippen molar-refractivity contribution >= 4 is 5.69 Å². The summed E-state index contributed by atoms with van der Waals surface area (Å²) in [5, 5.41) is 3.32. The minimum absolute atomic E-state index is 0.00187. The number of hydrogen-bond donors (Lipinski definition) is 1. The van der Waals surface area contributed by atoms with Crippen LogP contribution in [0.5, 0.6) is 0 Å². The molecule has 2 heteroatoms. The lowest BCUT2D eigenvalue weighted by Crippen LogP contribution is -2.12. The van der Waals surface area contributed by atoms with Crippen LogP contribution in [0.2, 0.25) is 0 Å². The third-order valence-corrected chi connectivity index (χ3v) is 3.06. The van der Waals surface area contributed by atoms with E-state index in [0.29, 0.717) is 0 Å². The summed E-state index contributed by atoms with van der Waals surface area (Å²) in [6.07, 6.45) is 2.63. The molecule has 1 aromatic rings. The van der Waals surface area contributed by atoms with Gasteiger partial charge in [-0.2, -0.15) is 0 Å². The van der Waals surface area contributed by atoms with Crippen LogP contribution in [0.3, 0.4) is 0 Å². The van der Waals surface area contributed by atoms with E-state index in [2.05, 4.69) is 32.2 Å². The second kappa shape index (κ2) is 4.08. The summed E-state index contributed by atoms with van der Waals surface area (Å²) in [7, 11) is 0. The van der Waals surface area contributed by atoms with Gasteiger partial charge in [-0.15, -0.1) is 0 Å². The van der Waals surface area contributed by atoms with Gasteiger partial charge < -0.3 is 5.32 Å². The van der Waals surface area contributed by atoms with E-state index in [1.165, 1.54) is 12.8 Å². The van der Waals surface area contributed by atoms with Crippen LogP contribution in [0.4, 0.5) is 10.1 Å². The van der Waals surface area contributed by atoms with Crippen LogP contribution in [0.25, 0.3) is 0 Å². The largest absolute Gasteiger partial charge is 0.385 e. The first-order valence-electron chi connectivity index (χ1n) is 6.00. The predicted octanol–water partition coefficient (Wildman–Crippen LogP) is 3.95. The van der Waals surface area contributed by atoms with Crippen LogP contribution < -0.4 is 5.32 Å². The molecule has 0 atom stereocenters. The Kier molecular flexibility index (Phi) is 2.92. The highest BCUT2D eigenvalue weighted by Crippen LogP contribution is 2.30. The molecule has 0 aromatic heterocycles. The number of halogens is 1. The van der Waals surface area contributed by atoms with E-state index in [-0.39, 0.29) is 11.2 Å². The molecule has 1 aliphatic rings. The Labute approximate surface area is 97.1 Å². The summed E-state index contributed by atoms with van der Waals surface area (Å²) in [6.45, 7) is 7.29. The average molecular weight is 221 g/mol. The zero-order valence-electron chi connectivity index (χ0n) is 10.3. The number of benzene rings is 1. The standard InChI is InChI=1S/C14H20FN/c1-14(2,3)11-6-12(15)8-13(7-11)16-9-10-4-5-10/h6-8,10,16H,4-5,9H2,1-3H3. The monoisotopic (exact) mass is 221 g/mol. The molecule has 1 N–H and O–H groups in total. The first-order valence-corrected chi connectivity index (χ1v) is 6.00. The van der Waals surface area contributed by atoms with E-state index in [4.69, 9.17) is 0 Å². The van der Waals surface area contributed by atoms with Gasteiger partial charge in [-0.1, -0.05) is 20.8 Å². The average Bonchev–Trinajstić information content (AvgIpc) is 2.96. The summed E-state index contributed by atoms with van der Waals surface area (Å²) in [5.74, 6) is 0.659. The Bertz CT molecular complexity index is 375. The highest BCUT2D eigenvalue weighted by Gasteiger charge is 2.21. The number of nitrogens with one attached hydrogen (secondary N) is 1. The van der Waals surface area contributed by atoms with Gasteiger partial charge in [-0.25, -0.2) is 4.39 Å². The molecule has 0 amide bonds. The van der Waals surface area contributed by atoms with Crippen LogP contribution >= 0.6 is 0 Å². The maximum absolute atomic E-state index is 13.5. The number of rotatable bonds is 3. The Balaban J connectivity index is 2.14. The van der Waals surface area contributed by atoms with Gasteiger partial charge >= 0.3 is 0 Å². The van der Waals surface area contributed by atoms with Gasteiger partial charge in [0.2, 0.25) is 0 Å². The Morgan fingerprint density at radius 2 is 1.94 bits per heavy atom. The van der Waals surface area contributed by atoms with E-state index in [0.717, 1.165) is 23.7 Å². The van der Waals surface area contributed by atoms with Gasteiger partial charge in [-0.05, 0) is 47.9 Å².